The molecule has 0 radical (unpaired) electrons. The van der Waals surface area contributed by atoms with Crippen molar-refractivity contribution in [2.24, 2.45) is 23.5 Å². The summed E-state index contributed by atoms with van der Waals surface area (Å²) in [6.07, 6.45) is 5.40. The number of nitrogens with two attached hydrogens (primary N) is 1. The Morgan fingerprint density at radius 1 is 0.443 bits per heavy atom. The maximum atomic E-state index is 10.1. The molecule has 0 aliphatic heterocycles. The van der Waals surface area contributed by atoms with Crippen LogP contribution in [0.4, 0.5) is 0 Å². The molecular weight excluding hydrogens is 965 g/mol. The lowest BCUT2D eigenvalue weighted by Gasteiger charge is -2.35. The summed E-state index contributed by atoms with van der Waals surface area (Å²) in [7, 11) is 0. The second-order valence-corrected chi connectivity index (χ2v) is 17.3. The first-order chi connectivity index (χ1) is 37.5. The molecule has 0 saturated heterocycles. The molecule has 3 aliphatic carbocycles. The Morgan fingerprint density at radius 2 is 0.797 bits per heavy atom. The van der Waals surface area contributed by atoms with Crippen LogP contribution < -0.4 is 5.73 Å². The third-order valence-corrected chi connectivity index (χ3v) is 13.1. The van der Waals surface area contributed by atoms with Crippen LogP contribution in [0.15, 0.2) is 170 Å². The van der Waals surface area contributed by atoms with E-state index >= 15 is 0 Å². The maximum Gasteiger partial charge on any atom is 0.135 e. The number of carbonyl (C=O) groups is 1. The summed E-state index contributed by atoms with van der Waals surface area (Å²) in [5.41, 5.74) is 19.7. The number of carbonyl (C=O) groups excluding carboxylic acids is 1. The van der Waals surface area contributed by atoms with Crippen molar-refractivity contribution in [3.8, 4) is 45.9 Å². The topological polar surface area (TPSA) is 138 Å². The van der Waals surface area contributed by atoms with Gasteiger partial charge in [0, 0.05) is 68.6 Å². The van der Waals surface area contributed by atoms with Gasteiger partial charge in [0.25, 0.3) is 0 Å². The van der Waals surface area contributed by atoms with Crippen molar-refractivity contribution in [2.45, 2.75) is 156 Å². The van der Waals surface area contributed by atoms with Crippen LogP contribution in [-0.2, 0) is 4.79 Å². The number of nitrogens with one attached hydrogen (secondary N) is 3. The van der Waals surface area contributed by atoms with Crippen LogP contribution in [0, 0.1) is 40.4 Å². The summed E-state index contributed by atoms with van der Waals surface area (Å²) in [6.45, 7) is 24.8. The number of nitrogens with zero attached hydrogens (tertiary/aromatic N) is 2. The minimum absolute atomic E-state index is 0. The van der Waals surface area contributed by atoms with Gasteiger partial charge in [-0.1, -0.05) is 251 Å². The molecule has 9 aromatic rings. The van der Waals surface area contributed by atoms with Crippen molar-refractivity contribution < 1.29 is 4.79 Å². The van der Waals surface area contributed by atoms with Crippen LogP contribution in [0.2, 0.25) is 0 Å². The van der Waals surface area contributed by atoms with Gasteiger partial charge in [-0.3, -0.25) is 4.79 Å². The predicted molar refractivity (Wildman–Crippen MR) is 348 cm³/mol. The average molecular weight is 1070 g/mol. The number of Topliss-reactive ketones (excluding diaryl/α,β-unsaturated/α-hetero) is 1. The van der Waals surface area contributed by atoms with E-state index in [2.05, 4.69) is 173 Å². The largest absolute Gasteiger partial charge is 0.355 e. The first kappa shape index (κ1) is 71.5. The molecule has 12 rings (SSSR count). The standard InChI is InChI=1S/C19H20N2.C19H16N2.C14H11N.C5H5NO.6C2H6.3CH4/c2*20-12-13-10-15(11-13)18-16-8-4-5-9-17(16)21-19(18)14-6-2-1-3-7-14;1-2-6-11(7-3-1)14-10-12-8-4-5-9-13(12)15-14;6-3-4-1-5(7)2-4;6*1-2;;;/h1-9,13,15,21H,10-12,20H2;1-9,13,15,21H,10-11H2;1-10,15H;4H,1-2H2;6*1-2H3;3*1H4. The summed E-state index contributed by atoms with van der Waals surface area (Å²) in [5, 5.41) is 21.1. The zero-order valence-electron chi connectivity index (χ0n) is 47.9. The predicted octanol–water partition coefficient (Wildman–Crippen LogP) is 21.5. The fraction of sp³-hybridized carbons (Fsp3) is 0.375. The number of hydrogen-bond donors (Lipinski definition) is 4. The Morgan fingerprint density at radius 3 is 1.16 bits per heavy atom. The lowest BCUT2D eigenvalue weighted by Crippen LogP contribution is -2.28. The van der Waals surface area contributed by atoms with Gasteiger partial charge in [-0.2, -0.15) is 10.5 Å². The van der Waals surface area contributed by atoms with E-state index in [-0.39, 0.29) is 39.9 Å². The second-order valence-electron chi connectivity index (χ2n) is 17.3. The molecule has 424 valence electrons. The Kier molecular flexibility index (Phi) is 36.1. The number of H-pyrrole nitrogens is 3. The molecule has 6 aromatic carbocycles. The molecule has 7 nitrogen and oxygen atoms in total. The molecule has 7 heteroatoms. The highest BCUT2D eigenvalue weighted by atomic mass is 16.1. The van der Waals surface area contributed by atoms with Crippen LogP contribution >= 0.6 is 0 Å². The molecular formula is C72H100N6O. The van der Waals surface area contributed by atoms with E-state index in [4.69, 9.17) is 16.3 Å². The molecule has 3 fully saturated rings. The van der Waals surface area contributed by atoms with Gasteiger partial charge in [-0.05, 0) is 102 Å². The van der Waals surface area contributed by atoms with Gasteiger partial charge < -0.3 is 20.7 Å². The zero-order chi connectivity index (χ0) is 55.8. The van der Waals surface area contributed by atoms with Crippen LogP contribution in [0.25, 0.3) is 66.5 Å². The Bertz CT molecular complexity index is 3030. The number of nitriles is 2. The summed E-state index contributed by atoms with van der Waals surface area (Å²) < 4.78 is 0. The van der Waals surface area contributed by atoms with Gasteiger partial charge in [0.15, 0.2) is 0 Å². The molecule has 79 heavy (non-hydrogen) atoms. The number of rotatable bonds is 6. The van der Waals surface area contributed by atoms with Gasteiger partial charge in [0.05, 0.1) is 18.1 Å². The molecule has 0 atom stereocenters. The van der Waals surface area contributed by atoms with Gasteiger partial charge in [-0.15, -0.1) is 0 Å². The third kappa shape index (κ3) is 19.2. The number of para-hydroxylation sites is 3. The Balaban J connectivity index is 0.000000989. The third-order valence-electron chi connectivity index (χ3n) is 13.1. The summed E-state index contributed by atoms with van der Waals surface area (Å²) in [6, 6.07) is 63.6. The molecule has 0 unspecified atom stereocenters. The Labute approximate surface area is 479 Å². The average Bonchev–Trinajstić information content (AvgIpc) is 4.27. The summed E-state index contributed by atoms with van der Waals surface area (Å²) in [4.78, 5) is 20.7. The minimum atomic E-state index is 0. The van der Waals surface area contributed by atoms with Crippen molar-refractivity contribution in [2.75, 3.05) is 6.54 Å². The number of ketones is 1. The monoisotopic (exact) mass is 1060 g/mol. The lowest BCUT2D eigenvalue weighted by molar-refractivity contribution is -0.125. The van der Waals surface area contributed by atoms with Crippen LogP contribution in [0.1, 0.15) is 167 Å². The van der Waals surface area contributed by atoms with E-state index in [1.54, 1.807) is 0 Å². The van der Waals surface area contributed by atoms with Gasteiger partial charge in [-0.25, -0.2) is 0 Å². The molecule has 0 bridgehead atoms. The van der Waals surface area contributed by atoms with Crippen molar-refractivity contribution in [1.82, 2.24) is 15.0 Å². The quantitative estimate of drug-likeness (QED) is 0.132. The minimum Gasteiger partial charge on any atom is -0.355 e. The van der Waals surface area contributed by atoms with Crippen molar-refractivity contribution >= 4 is 38.5 Å². The molecule has 5 N–H and O–H groups in total. The van der Waals surface area contributed by atoms with Crippen molar-refractivity contribution in [3.63, 3.8) is 0 Å². The fourth-order valence-corrected chi connectivity index (χ4v) is 9.39. The van der Waals surface area contributed by atoms with Crippen molar-refractivity contribution in [3.05, 3.63) is 181 Å². The number of fused-ring (bicyclic) bond motifs is 3. The van der Waals surface area contributed by atoms with E-state index in [0.717, 1.165) is 19.4 Å². The normalized spacial score (nSPS) is 15.6. The smallest absolute Gasteiger partial charge is 0.135 e. The van der Waals surface area contributed by atoms with E-state index in [0.29, 0.717) is 30.6 Å². The molecule has 3 heterocycles. The summed E-state index contributed by atoms with van der Waals surface area (Å²) in [5.74, 6) is 2.35. The first-order valence-corrected chi connectivity index (χ1v) is 28.5. The first-order valence-electron chi connectivity index (χ1n) is 28.5. The van der Waals surface area contributed by atoms with Gasteiger partial charge in [0.1, 0.15) is 5.78 Å². The molecule has 0 spiro atoms. The highest BCUT2D eigenvalue weighted by Crippen LogP contribution is 2.48. The summed E-state index contributed by atoms with van der Waals surface area (Å²) >= 11 is 0. The number of aromatic nitrogens is 3. The van der Waals surface area contributed by atoms with Gasteiger partial charge >= 0.3 is 0 Å². The lowest BCUT2D eigenvalue weighted by atomic mass is 9.70. The number of aromatic amines is 3. The van der Waals surface area contributed by atoms with E-state index in [1.807, 2.05) is 107 Å². The highest BCUT2D eigenvalue weighted by molar-refractivity contribution is 5.93. The van der Waals surface area contributed by atoms with E-state index in [9.17, 15) is 4.79 Å². The second kappa shape index (κ2) is 39.8. The van der Waals surface area contributed by atoms with Crippen LogP contribution in [0.5, 0.6) is 0 Å². The van der Waals surface area contributed by atoms with Gasteiger partial charge in [0.2, 0.25) is 0 Å². The maximum absolute atomic E-state index is 10.1. The molecule has 3 aromatic heterocycles. The van der Waals surface area contributed by atoms with E-state index in [1.165, 1.54) is 90.4 Å². The zero-order valence-corrected chi connectivity index (χ0v) is 47.9. The molecule has 3 aliphatic rings. The van der Waals surface area contributed by atoms with Crippen molar-refractivity contribution in [1.29, 1.82) is 10.5 Å². The highest BCUT2D eigenvalue weighted by Gasteiger charge is 2.35. The number of benzene rings is 6. The van der Waals surface area contributed by atoms with Crippen LogP contribution in [0.3, 0.4) is 0 Å². The SMILES string of the molecule is C.C.C.CC.CC.CC.CC.CC.CC.N#CC1CC(=O)C1.N#CC1CC(c2c(-c3ccccc3)[nH]c3ccccc23)C1.NCC1CC(c2c(-c3ccccc3)[nH]c3ccccc23)C1.c1ccc(-c2cc3ccccc3[nH]2)cc1. The molecule has 3 saturated carbocycles. The number of hydrogen-bond acceptors (Lipinski definition) is 4. The molecule has 0 amide bonds. The fourth-order valence-electron chi connectivity index (χ4n) is 9.39. The Hall–Kier alpha value is -7.45. The van der Waals surface area contributed by atoms with Crippen LogP contribution in [-0.4, -0.2) is 27.3 Å². The van der Waals surface area contributed by atoms with E-state index < -0.39 is 0 Å².